The van der Waals surface area contributed by atoms with Crippen molar-refractivity contribution in [1.82, 2.24) is 15.3 Å². The van der Waals surface area contributed by atoms with Gasteiger partial charge in [0.2, 0.25) is 11.8 Å². The van der Waals surface area contributed by atoms with E-state index in [1.54, 1.807) is 0 Å². The molecule has 1 unspecified atom stereocenters. The Labute approximate surface area is 122 Å². The van der Waals surface area contributed by atoms with Gasteiger partial charge in [0, 0.05) is 0 Å². The van der Waals surface area contributed by atoms with Crippen molar-refractivity contribution < 1.29 is 24.2 Å². The van der Waals surface area contributed by atoms with Gasteiger partial charge in [0.1, 0.15) is 12.4 Å². The van der Waals surface area contributed by atoms with Crippen molar-refractivity contribution in [2.24, 2.45) is 0 Å². The van der Waals surface area contributed by atoms with Crippen LogP contribution in [-0.2, 0) is 4.79 Å². The van der Waals surface area contributed by atoms with Gasteiger partial charge in [-0.3, -0.25) is 4.79 Å². The standard InChI is InChI=1S/C13H19N3O5/c1-4-5-6-8(13(18)19)16-10(17)9-11(20-2)14-7-15-12(9)21-3/h7-8H,4-6H2,1-3H3,(H,16,17)(H,18,19). The smallest absolute Gasteiger partial charge is 0.326 e. The minimum atomic E-state index is -1.09. The molecule has 0 aliphatic carbocycles. The van der Waals surface area contributed by atoms with E-state index in [-0.39, 0.29) is 17.3 Å². The average Bonchev–Trinajstić information content (AvgIpc) is 2.49. The summed E-state index contributed by atoms with van der Waals surface area (Å²) >= 11 is 0. The summed E-state index contributed by atoms with van der Waals surface area (Å²) in [6.07, 6.45) is 3.06. The molecular formula is C13H19N3O5. The molecular weight excluding hydrogens is 278 g/mol. The van der Waals surface area contributed by atoms with E-state index < -0.39 is 17.9 Å². The lowest BCUT2D eigenvalue weighted by Gasteiger charge is -2.16. The lowest BCUT2D eigenvalue weighted by molar-refractivity contribution is -0.139. The largest absolute Gasteiger partial charge is 0.480 e. The first-order chi connectivity index (χ1) is 10.0. The zero-order chi connectivity index (χ0) is 15.8. The highest BCUT2D eigenvalue weighted by Gasteiger charge is 2.26. The molecule has 0 saturated heterocycles. The molecule has 116 valence electrons. The second-order valence-electron chi connectivity index (χ2n) is 4.27. The quantitative estimate of drug-likeness (QED) is 0.732. The number of amides is 1. The van der Waals surface area contributed by atoms with E-state index in [1.807, 2.05) is 6.92 Å². The Morgan fingerprint density at radius 3 is 2.29 bits per heavy atom. The summed E-state index contributed by atoms with van der Waals surface area (Å²) in [5, 5.41) is 11.6. The molecule has 8 heteroatoms. The number of hydrogen-bond acceptors (Lipinski definition) is 6. The molecule has 0 aliphatic heterocycles. The Bertz CT molecular complexity index is 484. The topological polar surface area (TPSA) is 111 Å². The van der Waals surface area contributed by atoms with Crippen LogP contribution in [-0.4, -0.2) is 47.2 Å². The van der Waals surface area contributed by atoms with E-state index in [0.29, 0.717) is 12.8 Å². The van der Waals surface area contributed by atoms with E-state index >= 15 is 0 Å². The van der Waals surface area contributed by atoms with Gasteiger partial charge in [-0.2, -0.15) is 0 Å². The molecule has 1 amide bonds. The second-order valence-corrected chi connectivity index (χ2v) is 4.27. The summed E-state index contributed by atoms with van der Waals surface area (Å²) in [6.45, 7) is 1.94. The maximum atomic E-state index is 12.3. The van der Waals surface area contributed by atoms with Gasteiger partial charge in [-0.25, -0.2) is 14.8 Å². The molecule has 2 N–H and O–H groups in total. The van der Waals surface area contributed by atoms with Crippen LogP contribution in [0.2, 0.25) is 0 Å². The number of carboxylic acid groups (broad SMARTS) is 1. The number of aliphatic carboxylic acids is 1. The lowest BCUT2D eigenvalue weighted by atomic mass is 10.1. The predicted molar refractivity (Wildman–Crippen MR) is 73.6 cm³/mol. The zero-order valence-corrected chi connectivity index (χ0v) is 12.3. The first kappa shape index (κ1) is 16.7. The van der Waals surface area contributed by atoms with Gasteiger partial charge in [0.05, 0.1) is 14.2 Å². The number of carbonyl (C=O) groups excluding carboxylic acids is 1. The summed E-state index contributed by atoms with van der Waals surface area (Å²) in [7, 11) is 2.70. The van der Waals surface area contributed by atoms with Crippen LogP contribution in [0.25, 0.3) is 0 Å². The molecule has 0 radical (unpaired) electrons. The molecule has 0 aliphatic rings. The molecule has 0 fully saturated rings. The third-order valence-corrected chi connectivity index (χ3v) is 2.84. The highest BCUT2D eigenvalue weighted by atomic mass is 16.5. The van der Waals surface area contributed by atoms with Crippen LogP contribution in [0.4, 0.5) is 0 Å². The molecule has 1 aromatic rings. The number of rotatable bonds is 8. The Morgan fingerprint density at radius 1 is 1.29 bits per heavy atom. The Kier molecular flexibility index (Phi) is 6.38. The molecule has 21 heavy (non-hydrogen) atoms. The van der Waals surface area contributed by atoms with E-state index in [0.717, 1.165) is 6.42 Å². The van der Waals surface area contributed by atoms with E-state index in [9.17, 15) is 9.59 Å². The molecule has 0 saturated carbocycles. The normalized spacial score (nSPS) is 11.6. The van der Waals surface area contributed by atoms with E-state index in [4.69, 9.17) is 14.6 Å². The van der Waals surface area contributed by atoms with Crippen molar-refractivity contribution in [2.75, 3.05) is 14.2 Å². The highest BCUT2D eigenvalue weighted by molar-refractivity contribution is 6.00. The number of nitrogens with zero attached hydrogens (tertiary/aromatic N) is 2. The van der Waals surface area contributed by atoms with Gasteiger partial charge >= 0.3 is 5.97 Å². The molecule has 1 aromatic heterocycles. The van der Waals surface area contributed by atoms with Crippen LogP contribution in [0.5, 0.6) is 11.8 Å². The van der Waals surface area contributed by atoms with Crippen molar-refractivity contribution in [1.29, 1.82) is 0 Å². The first-order valence-corrected chi connectivity index (χ1v) is 6.51. The monoisotopic (exact) mass is 297 g/mol. The fourth-order valence-corrected chi connectivity index (χ4v) is 1.75. The Balaban J connectivity index is 2.99. The summed E-state index contributed by atoms with van der Waals surface area (Å²) in [6, 6.07) is -0.980. The molecule has 1 heterocycles. The van der Waals surface area contributed by atoms with E-state index in [1.165, 1.54) is 20.5 Å². The maximum Gasteiger partial charge on any atom is 0.326 e. The predicted octanol–water partition coefficient (Wildman–Crippen LogP) is 0.867. The van der Waals surface area contributed by atoms with E-state index in [2.05, 4.69) is 15.3 Å². The molecule has 0 spiro atoms. The summed E-state index contributed by atoms with van der Waals surface area (Å²) in [5.74, 6) is -1.68. The number of methoxy groups -OCH3 is 2. The summed E-state index contributed by atoms with van der Waals surface area (Å²) < 4.78 is 9.99. The van der Waals surface area contributed by atoms with Crippen molar-refractivity contribution in [2.45, 2.75) is 32.2 Å². The summed E-state index contributed by atoms with van der Waals surface area (Å²) in [4.78, 5) is 31.1. The van der Waals surface area contributed by atoms with Gasteiger partial charge in [0.15, 0.2) is 5.56 Å². The Hall–Kier alpha value is -2.38. The number of carboxylic acids is 1. The van der Waals surface area contributed by atoms with Crippen LogP contribution in [0, 0.1) is 0 Å². The van der Waals surface area contributed by atoms with Crippen molar-refractivity contribution in [3.63, 3.8) is 0 Å². The number of unbranched alkanes of at least 4 members (excludes halogenated alkanes) is 1. The molecule has 8 nitrogen and oxygen atoms in total. The number of hydrogen-bond donors (Lipinski definition) is 2. The third-order valence-electron chi connectivity index (χ3n) is 2.84. The van der Waals surface area contributed by atoms with Crippen LogP contribution < -0.4 is 14.8 Å². The fraction of sp³-hybridized carbons (Fsp3) is 0.538. The Morgan fingerprint density at radius 2 is 1.86 bits per heavy atom. The molecule has 1 rings (SSSR count). The lowest BCUT2D eigenvalue weighted by Crippen LogP contribution is -2.41. The average molecular weight is 297 g/mol. The van der Waals surface area contributed by atoms with Crippen molar-refractivity contribution in [3.8, 4) is 11.8 Å². The molecule has 0 bridgehead atoms. The van der Waals surface area contributed by atoms with Gasteiger partial charge in [-0.1, -0.05) is 19.8 Å². The number of nitrogens with one attached hydrogen (secondary N) is 1. The van der Waals surface area contributed by atoms with Gasteiger partial charge < -0.3 is 19.9 Å². The molecule has 1 atom stereocenters. The number of carbonyl (C=O) groups is 2. The number of aromatic nitrogens is 2. The van der Waals surface area contributed by atoms with Crippen molar-refractivity contribution >= 4 is 11.9 Å². The van der Waals surface area contributed by atoms with Gasteiger partial charge in [-0.05, 0) is 6.42 Å². The van der Waals surface area contributed by atoms with Gasteiger partial charge in [0.25, 0.3) is 5.91 Å². The zero-order valence-electron chi connectivity index (χ0n) is 12.3. The van der Waals surface area contributed by atoms with Crippen LogP contribution in [0.1, 0.15) is 36.5 Å². The van der Waals surface area contributed by atoms with Crippen LogP contribution in [0.15, 0.2) is 6.33 Å². The minimum Gasteiger partial charge on any atom is -0.480 e. The minimum absolute atomic E-state index is 0.0229. The molecule has 0 aromatic carbocycles. The van der Waals surface area contributed by atoms with Crippen LogP contribution in [0.3, 0.4) is 0 Å². The third kappa shape index (κ3) is 4.30. The highest BCUT2D eigenvalue weighted by Crippen LogP contribution is 2.23. The SMILES string of the molecule is CCCCC(NC(=O)c1c(OC)ncnc1OC)C(=O)O. The maximum absolute atomic E-state index is 12.3. The fourth-order valence-electron chi connectivity index (χ4n) is 1.75. The number of ether oxygens (including phenoxy) is 2. The first-order valence-electron chi connectivity index (χ1n) is 6.51. The van der Waals surface area contributed by atoms with Crippen molar-refractivity contribution in [3.05, 3.63) is 11.9 Å². The van der Waals surface area contributed by atoms with Crippen LogP contribution >= 0.6 is 0 Å². The second kappa shape index (κ2) is 8.03. The summed E-state index contributed by atoms with van der Waals surface area (Å²) in [5.41, 5.74) is -0.0229. The van der Waals surface area contributed by atoms with Gasteiger partial charge in [-0.15, -0.1) is 0 Å².